The minimum Gasteiger partial charge on any atom is -0.320 e. The standard InChI is InChI=1S/C12H14N2S/c1-8-5-6-11(15-8)12(13)10-4-3-7-14-9(10)2/h3-7,12H,13H2,1-2H3. The van der Waals surface area contributed by atoms with Gasteiger partial charge in [-0.25, -0.2) is 0 Å². The van der Waals surface area contributed by atoms with Crippen molar-refractivity contribution in [3.63, 3.8) is 0 Å². The molecule has 2 aromatic heterocycles. The number of aryl methyl sites for hydroxylation is 2. The molecule has 2 N–H and O–H groups in total. The van der Waals surface area contributed by atoms with E-state index in [0.717, 1.165) is 11.3 Å². The first kappa shape index (κ1) is 10.3. The molecule has 3 heteroatoms. The SMILES string of the molecule is Cc1ccc(C(N)c2cccnc2C)s1. The van der Waals surface area contributed by atoms with Crippen LogP contribution in [0.3, 0.4) is 0 Å². The Bertz CT molecular complexity index is 462. The first-order chi connectivity index (χ1) is 7.18. The van der Waals surface area contributed by atoms with E-state index in [9.17, 15) is 0 Å². The molecule has 2 aromatic rings. The van der Waals surface area contributed by atoms with Gasteiger partial charge in [0, 0.05) is 21.6 Å². The summed E-state index contributed by atoms with van der Waals surface area (Å²) in [4.78, 5) is 6.75. The first-order valence-corrected chi connectivity index (χ1v) is 5.73. The van der Waals surface area contributed by atoms with Gasteiger partial charge in [0.25, 0.3) is 0 Å². The second-order valence-electron chi connectivity index (χ2n) is 3.60. The average Bonchev–Trinajstić information content (AvgIpc) is 2.65. The van der Waals surface area contributed by atoms with Crippen molar-refractivity contribution in [1.29, 1.82) is 0 Å². The highest BCUT2D eigenvalue weighted by atomic mass is 32.1. The number of hydrogen-bond acceptors (Lipinski definition) is 3. The molecule has 0 fully saturated rings. The Morgan fingerprint density at radius 1 is 1.27 bits per heavy atom. The zero-order chi connectivity index (χ0) is 10.8. The lowest BCUT2D eigenvalue weighted by atomic mass is 10.1. The second kappa shape index (κ2) is 4.13. The lowest BCUT2D eigenvalue weighted by molar-refractivity contribution is 0.867. The van der Waals surface area contributed by atoms with Crippen LogP contribution < -0.4 is 5.73 Å². The Morgan fingerprint density at radius 3 is 2.67 bits per heavy atom. The molecule has 0 aromatic carbocycles. The van der Waals surface area contributed by atoms with Gasteiger partial charge in [-0.2, -0.15) is 0 Å². The minimum absolute atomic E-state index is 0.0441. The fourth-order valence-electron chi connectivity index (χ4n) is 1.60. The number of hydrogen-bond donors (Lipinski definition) is 1. The van der Waals surface area contributed by atoms with Crippen molar-refractivity contribution in [1.82, 2.24) is 4.98 Å². The first-order valence-electron chi connectivity index (χ1n) is 4.92. The van der Waals surface area contributed by atoms with Crippen LogP contribution in [-0.4, -0.2) is 4.98 Å². The quantitative estimate of drug-likeness (QED) is 0.841. The van der Waals surface area contributed by atoms with E-state index in [1.54, 1.807) is 17.5 Å². The summed E-state index contributed by atoms with van der Waals surface area (Å²) < 4.78 is 0. The third-order valence-electron chi connectivity index (χ3n) is 2.45. The Balaban J connectivity index is 2.36. The van der Waals surface area contributed by atoms with E-state index in [-0.39, 0.29) is 6.04 Å². The summed E-state index contributed by atoms with van der Waals surface area (Å²) in [6.07, 6.45) is 1.80. The van der Waals surface area contributed by atoms with Crippen molar-refractivity contribution in [2.24, 2.45) is 5.73 Å². The van der Waals surface area contributed by atoms with Crippen LogP contribution in [0.5, 0.6) is 0 Å². The number of pyridine rings is 1. The van der Waals surface area contributed by atoms with E-state index >= 15 is 0 Å². The van der Waals surface area contributed by atoms with Gasteiger partial charge in [0.2, 0.25) is 0 Å². The Labute approximate surface area is 93.8 Å². The molecule has 0 amide bonds. The number of rotatable bonds is 2. The van der Waals surface area contributed by atoms with Crippen LogP contribution in [0, 0.1) is 13.8 Å². The van der Waals surface area contributed by atoms with Gasteiger partial charge in [0.1, 0.15) is 0 Å². The van der Waals surface area contributed by atoms with E-state index in [1.807, 2.05) is 19.1 Å². The summed E-state index contributed by atoms with van der Waals surface area (Å²) in [7, 11) is 0. The van der Waals surface area contributed by atoms with Crippen LogP contribution in [0.4, 0.5) is 0 Å². The van der Waals surface area contributed by atoms with Crippen LogP contribution in [0.25, 0.3) is 0 Å². The van der Waals surface area contributed by atoms with Crippen molar-refractivity contribution in [2.75, 3.05) is 0 Å². The van der Waals surface area contributed by atoms with Crippen LogP contribution >= 0.6 is 11.3 Å². The van der Waals surface area contributed by atoms with Crippen LogP contribution in [0.15, 0.2) is 30.5 Å². The topological polar surface area (TPSA) is 38.9 Å². The van der Waals surface area contributed by atoms with Crippen molar-refractivity contribution < 1.29 is 0 Å². The van der Waals surface area contributed by atoms with Crippen LogP contribution in [0.1, 0.15) is 27.1 Å². The number of thiophene rings is 1. The molecular formula is C12H14N2S. The maximum absolute atomic E-state index is 6.20. The molecule has 1 unspecified atom stereocenters. The van der Waals surface area contributed by atoms with Gasteiger partial charge in [-0.1, -0.05) is 6.07 Å². The Kier molecular flexibility index (Phi) is 2.84. The van der Waals surface area contributed by atoms with Gasteiger partial charge in [0.15, 0.2) is 0 Å². The van der Waals surface area contributed by atoms with Gasteiger partial charge in [-0.3, -0.25) is 4.98 Å². The molecule has 0 aliphatic rings. The molecule has 0 radical (unpaired) electrons. The fourth-order valence-corrected chi connectivity index (χ4v) is 2.50. The molecule has 2 rings (SSSR count). The lowest BCUT2D eigenvalue weighted by Crippen LogP contribution is -2.12. The molecule has 1 atom stereocenters. The van der Waals surface area contributed by atoms with Crippen molar-refractivity contribution in [3.05, 3.63) is 51.5 Å². The van der Waals surface area contributed by atoms with Gasteiger partial charge in [0.05, 0.1) is 6.04 Å². The number of aromatic nitrogens is 1. The molecule has 0 aliphatic heterocycles. The van der Waals surface area contributed by atoms with Crippen molar-refractivity contribution in [2.45, 2.75) is 19.9 Å². The third kappa shape index (κ3) is 2.08. The predicted molar refractivity (Wildman–Crippen MR) is 64.1 cm³/mol. The predicted octanol–water partition coefficient (Wildman–Crippen LogP) is 2.81. The summed E-state index contributed by atoms with van der Waals surface area (Å²) in [6.45, 7) is 4.09. The van der Waals surface area contributed by atoms with E-state index < -0.39 is 0 Å². The number of nitrogens with zero attached hydrogens (tertiary/aromatic N) is 1. The molecular weight excluding hydrogens is 204 g/mol. The van der Waals surface area contributed by atoms with E-state index in [4.69, 9.17) is 5.73 Å². The Morgan fingerprint density at radius 2 is 2.07 bits per heavy atom. The Hall–Kier alpha value is -1.19. The zero-order valence-electron chi connectivity index (χ0n) is 8.90. The van der Waals surface area contributed by atoms with Crippen LogP contribution in [-0.2, 0) is 0 Å². The highest BCUT2D eigenvalue weighted by molar-refractivity contribution is 7.12. The van der Waals surface area contributed by atoms with Gasteiger partial charge < -0.3 is 5.73 Å². The maximum Gasteiger partial charge on any atom is 0.0663 e. The van der Waals surface area contributed by atoms with E-state index in [1.165, 1.54) is 9.75 Å². The van der Waals surface area contributed by atoms with Crippen LogP contribution in [0.2, 0.25) is 0 Å². The summed E-state index contributed by atoms with van der Waals surface area (Å²) in [5, 5.41) is 0. The molecule has 0 bridgehead atoms. The number of nitrogens with two attached hydrogens (primary N) is 1. The minimum atomic E-state index is -0.0441. The smallest absolute Gasteiger partial charge is 0.0663 e. The van der Waals surface area contributed by atoms with E-state index in [0.29, 0.717) is 0 Å². The molecule has 78 valence electrons. The summed E-state index contributed by atoms with van der Waals surface area (Å²) in [6, 6.07) is 8.13. The summed E-state index contributed by atoms with van der Waals surface area (Å²) in [5.74, 6) is 0. The average molecular weight is 218 g/mol. The largest absolute Gasteiger partial charge is 0.320 e. The zero-order valence-corrected chi connectivity index (χ0v) is 9.71. The van der Waals surface area contributed by atoms with Crippen molar-refractivity contribution >= 4 is 11.3 Å². The molecule has 15 heavy (non-hydrogen) atoms. The van der Waals surface area contributed by atoms with Gasteiger partial charge in [-0.15, -0.1) is 11.3 Å². The molecule has 2 nitrogen and oxygen atoms in total. The maximum atomic E-state index is 6.20. The normalized spacial score (nSPS) is 12.7. The van der Waals surface area contributed by atoms with Gasteiger partial charge in [-0.05, 0) is 37.6 Å². The fraction of sp³-hybridized carbons (Fsp3) is 0.250. The molecule has 0 saturated heterocycles. The third-order valence-corrected chi connectivity index (χ3v) is 3.53. The molecule has 2 heterocycles. The molecule has 0 spiro atoms. The monoisotopic (exact) mass is 218 g/mol. The molecule has 0 saturated carbocycles. The van der Waals surface area contributed by atoms with Crippen molar-refractivity contribution in [3.8, 4) is 0 Å². The summed E-state index contributed by atoms with van der Waals surface area (Å²) in [5.41, 5.74) is 8.32. The van der Waals surface area contributed by atoms with Gasteiger partial charge >= 0.3 is 0 Å². The highest BCUT2D eigenvalue weighted by Crippen LogP contribution is 2.27. The second-order valence-corrected chi connectivity index (χ2v) is 4.92. The van der Waals surface area contributed by atoms with E-state index in [2.05, 4.69) is 24.0 Å². The molecule has 0 aliphatic carbocycles. The summed E-state index contributed by atoms with van der Waals surface area (Å²) >= 11 is 1.75. The highest BCUT2D eigenvalue weighted by Gasteiger charge is 2.12. The lowest BCUT2D eigenvalue weighted by Gasteiger charge is -2.11.